The number of carbonyl (C=O) groups is 1. The number of anilines is 4. The molecule has 0 bridgehead atoms. The molecular formula is C21H22FN5O. The smallest absolute Gasteiger partial charge is 0.229 e. The van der Waals surface area contributed by atoms with Gasteiger partial charge in [-0.1, -0.05) is 24.3 Å². The largest absolute Gasteiger partial charge is 0.370 e. The maximum atomic E-state index is 13.7. The van der Waals surface area contributed by atoms with E-state index in [-0.39, 0.29) is 11.7 Å². The van der Waals surface area contributed by atoms with Gasteiger partial charge in [0.2, 0.25) is 11.9 Å². The van der Waals surface area contributed by atoms with Crippen LogP contribution in [0.1, 0.15) is 18.2 Å². The molecule has 1 amide bonds. The van der Waals surface area contributed by atoms with Crippen LogP contribution in [0.25, 0.3) is 0 Å². The summed E-state index contributed by atoms with van der Waals surface area (Å²) in [6.07, 6.45) is 0.553. The van der Waals surface area contributed by atoms with Crippen LogP contribution in [0.4, 0.5) is 27.5 Å². The van der Waals surface area contributed by atoms with Crippen molar-refractivity contribution in [1.82, 2.24) is 9.97 Å². The third kappa shape index (κ3) is 5.51. The van der Waals surface area contributed by atoms with Gasteiger partial charge in [-0.05, 0) is 43.2 Å². The number of carbonyl (C=O) groups excluding carboxylic acids is 1. The Morgan fingerprint density at radius 2 is 1.82 bits per heavy atom. The first kappa shape index (κ1) is 19.3. The van der Waals surface area contributed by atoms with Gasteiger partial charge in [0.25, 0.3) is 0 Å². The average molecular weight is 379 g/mol. The van der Waals surface area contributed by atoms with E-state index in [9.17, 15) is 9.18 Å². The maximum Gasteiger partial charge on any atom is 0.229 e. The van der Waals surface area contributed by atoms with Gasteiger partial charge >= 0.3 is 0 Å². The van der Waals surface area contributed by atoms with E-state index in [1.165, 1.54) is 13.0 Å². The Labute approximate surface area is 163 Å². The topological polar surface area (TPSA) is 78.9 Å². The molecule has 0 fully saturated rings. The summed E-state index contributed by atoms with van der Waals surface area (Å²) in [4.78, 5) is 20.1. The van der Waals surface area contributed by atoms with Gasteiger partial charge in [-0.15, -0.1) is 0 Å². The molecule has 7 heteroatoms. The van der Waals surface area contributed by atoms with Crippen LogP contribution in [0.15, 0.2) is 54.6 Å². The molecule has 28 heavy (non-hydrogen) atoms. The molecule has 1 heterocycles. The van der Waals surface area contributed by atoms with Crippen LogP contribution in [-0.2, 0) is 11.2 Å². The molecule has 3 aromatic rings. The lowest BCUT2D eigenvalue weighted by Crippen LogP contribution is -2.09. The molecule has 0 aliphatic rings. The Morgan fingerprint density at radius 3 is 2.61 bits per heavy atom. The first-order valence-electron chi connectivity index (χ1n) is 8.97. The first-order chi connectivity index (χ1) is 13.5. The molecule has 3 N–H and O–H groups in total. The van der Waals surface area contributed by atoms with Crippen molar-refractivity contribution in [3.8, 4) is 0 Å². The van der Waals surface area contributed by atoms with Crippen LogP contribution >= 0.6 is 0 Å². The number of rotatable bonds is 7. The van der Waals surface area contributed by atoms with E-state index in [1.54, 1.807) is 24.3 Å². The van der Waals surface area contributed by atoms with Crippen LogP contribution in [0.3, 0.4) is 0 Å². The van der Waals surface area contributed by atoms with Crippen molar-refractivity contribution >= 4 is 29.0 Å². The predicted molar refractivity (Wildman–Crippen MR) is 109 cm³/mol. The SMILES string of the molecule is CC(=O)Nc1cccc(Nc2nc(C)cc(NCCc3ccccc3F)n2)c1. The first-order valence-corrected chi connectivity index (χ1v) is 8.97. The summed E-state index contributed by atoms with van der Waals surface area (Å²) in [6, 6.07) is 15.9. The highest BCUT2D eigenvalue weighted by Crippen LogP contribution is 2.19. The molecule has 144 valence electrons. The lowest BCUT2D eigenvalue weighted by molar-refractivity contribution is -0.114. The van der Waals surface area contributed by atoms with E-state index in [2.05, 4.69) is 25.9 Å². The van der Waals surface area contributed by atoms with Crippen LogP contribution in [0, 0.1) is 12.7 Å². The molecule has 0 atom stereocenters. The number of nitrogens with zero attached hydrogens (tertiary/aromatic N) is 2. The summed E-state index contributed by atoms with van der Waals surface area (Å²) in [6.45, 7) is 3.89. The predicted octanol–water partition coefficient (Wildman–Crippen LogP) is 4.28. The second-order valence-corrected chi connectivity index (χ2v) is 6.37. The Kier molecular flexibility index (Phi) is 6.16. The van der Waals surface area contributed by atoms with Crippen molar-refractivity contribution < 1.29 is 9.18 Å². The van der Waals surface area contributed by atoms with Gasteiger partial charge in [0.1, 0.15) is 11.6 Å². The highest BCUT2D eigenvalue weighted by Gasteiger charge is 2.05. The standard InChI is InChI=1S/C21H22FN5O/c1-14-12-20(23-11-10-16-6-3-4-9-19(16)22)27-21(24-14)26-18-8-5-7-17(13-18)25-15(2)28/h3-9,12-13H,10-11H2,1-2H3,(H,25,28)(H2,23,24,26,27). The lowest BCUT2D eigenvalue weighted by atomic mass is 10.1. The summed E-state index contributed by atoms with van der Waals surface area (Å²) in [5, 5.41) is 9.09. The average Bonchev–Trinajstić information content (AvgIpc) is 2.62. The minimum absolute atomic E-state index is 0.134. The van der Waals surface area contributed by atoms with Gasteiger partial charge in [-0.25, -0.2) is 9.37 Å². The summed E-state index contributed by atoms with van der Waals surface area (Å²) in [5.74, 6) is 0.757. The molecule has 0 unspecified atom stereocenters. The van der Waals surface area contributed by atoms with Crippen LogP contribution in [-0.4, -0.2) is 22.4 Å². The number of nitrogens with one attached hydrogen (secondary N) is 3. The van der Waals surface area contributed by atoms with E-state index in [0.29, 0.717) is 36.0 Å². The van der Waals surface area contributed by atoms with Crippen LogP contribution in [0.5, 0.6) is 0 Å². The number of aromatic nitrogens is 2. The number of aryl methyl sites for hydroxylation is 1. The van der Waals surface area contributed by atoms with Crippen LogP contribution in [0.2, 0.25) is 0 Å². The molecular weight excluding hydrogens is 357 g/mol. The van der Waals surface area contributed by atoms with Gasteiger partial charge in [0.05, 0.1) is 0 Å². The van der Waals surface area contributed by atoms with E-state index in [0.717, 1.165) is 11.4 Å². The number of hydrogen-bond donors (Lipinski definition) is 3. The Morgan fingerprint density at radius 1 is 1.04 bits per heavy atom. The number of halogens is 1. The second kappa shape index (κ2) is 8.94. The molecule has 6 nitrogen and oxygen atoms in total. The van der Waals surface area contributed by atoms with Crippen molar-refractivity contribution in [2.45, 2.75) is 20.3 Å². The van der Waals surface area contributed by atoms with Gasteiger partial charge in [-0.2, -0.15) is 4.98 Å². The van der Waals surface area contributed by atoms with Crippen molar-refractivity contribution in [2.24, 2.45) is 0 Å². The van der Waals surface area contributed by atoms with Crippen molar-refractivity contribution in [3.05, 3.63) is 71.7 Å². The van der Waals surface area contributed by atoms with Crippen molar-refractivity contribution in [3.63, 3.8) is 0 Å². The van der Waals surface area contributed by atoms with E-state index >= 15 is 0 Å². The van der Waals surface area contributed by atoms with Gasteiger partial charge in [0, 0.05) is 36.6 Å². The summed E-state index contributed by atoms with van der Waals surface area (Å²) < 4.78 is 13.7. The van der Waals surface area contributed by atoms with Crippen molar-refractivity contribution in [1.29, 1.82) is 0 Å². The Balaban J connectivity index is 1.66. The third-order valence-corrected chi connectivity index (χ3v) is 3.95. The number of hydrogen-bond acceptors (Lipinski definition) is 5. The number of amides is 1. The molecule has 0 saturated carbocycles. The van der Waals surface area contributed by atoms with E-state index < -0.39 is 0 Å². The highest BCUT2D eigenvalue weighted by atomic mass is 19.1. The van der Waals surface area contributed by atoms with E-state index in [4.69, 9.17) is 0 Å². The summed E-state index contributed by atoms with van der Waals surface area (Å²) >= 11 is 0. The van der Waals surface area contributed by atoms with Gasteiger partial charge in [-0.3, -0.25) is 4.79 Å². The summed E-state index contributed by atoms with van der Waals surface area (Å²) in [7, 11) is 0. The zero-order valence-electron chi connectivity index (χ0n) is 15.8. The fraction of sp³-hybridized carbons (Fsp3) is 0.190. The second-order valence-electron chi connectivity index (χ2n) is 6.37. The summed E-state index contributed by atoms with van der Waals surface area (Å²) in [5.41, 5.74) is 2.90. The molecule has 3 rings (SSSR count). The molecule has 0 saturated heterocycles. The fourth-order valence-electron chi connectivity index (χ4n) is 2.75. The molecule has 0 spiro atoms. The lowest BCUT2D eigenvalue weighted by Gasteiger charge is -2.11. The zero-order chi connectivity index (χ0) is 19.9. The highest BCUT2D eigenvalue weighted by molar-refractivity contribution is 5.89. The van der Waals surface area contributed by atoms with Gasteiger partial charge < -0.3 is 16.0 Å². The zero-order valence-corrected chi connectivity index (χ0v) is 15.8. The minimum Gasteiger partial charge on any atom is -0.370 e. The quantitative estimate of drug-likeness (QED) is 0.571. The number of benzene rings is 2. The van der Waals surface area contributed by atoms with Gasteiger partial charge in [0.15, 0.2) is 0 Å². The van der Waals surface area contributed by atoms with Crippen molar-refractivity contribution in [2.75, 3.05) is 22.5 Å². The molecule has 2 aromatic carbocycles. The molecule has 0 radical (unpaired) electrons. The monoisotopic (exact) mass is 379 g/mol. The minimum atomic E-state index is -0.204. The molecule has 1 aromatic heterocycles. The fourth-order valence-corrected chi connectivity index (χ4v) is 2.75. The molecule has 0 aliphatic heterocycles. The molecule has 0 aliphatic carbocycles. The normalized spacial score (nSPS) is 10.4. The third-order valence-electron chi connectivity index (χ3n) is 3.95. The maximum absolute atomic E-state index is 13.7. The Hall–Kier alpha value is -3.48. The van der Waals surface area contributed by atoms with E-state index in [1.807, 2.05) is 31.2 Å². The Bertz CT molecular complexity index is 977. The van der Waals surface area contributed by atoms with Crippen LogP contribution < -0.4 is 16.0 Å².